The number of ketones is 1. The highest BCUT2D eigenvalue weighted by atomic mass is 16.4. The molecule has 2 rings (SSSR count). The van der Waals surface area contributed by atoms with Crippen molar-refractivity contribution in [2.24, 2.45) is 0 Å². The molecule has 1 aliphatic heterocycles. The molecule has 1 heterocycles. The molecule has 1 aromatic carbocycles. The van der Waals surface area contributed by atoms with Crippen molar-refractivity contribution in [1.29, 1.82) is 0 Å². The van der Waals surface area contributed by atoms with E-state index in [0.29, 0.717) is 24.2 Å². The number of carbonyl (C=O) groups is 3. The van der Waals surface area contributed by atoms with Crippen LogP contribution < -0.4 is 15.3 Å². The number of piperidine rings is 1. The van der Waals surface area contributed by atoms with E-state index < -0.39 is 18.4 Å². The first-order valence-electron chi connectivity index (χ1n) is 6.97. The van der Waals surface area contributed by atoms with Crippen LogP contribution in [0.4, 0.5) is 0 Å². The predicted octanol–water partition coefficient (Wildman–Crippen LogP) is -2.09. The van der Waals surface area contributed by atoms with E-state index in [0.717, 1.165) is 25.2 Å². The fourth-order valence-electron chi connectivity index (χ4n) is 2.38. The highest BCUT2D eigenvalue weighted by molar-refractivity contribution is 5.95. The molecule has 1 aromatic rings. The standard InChI is InChI=1S/C15H18N2O4/c18-13-5-7-17(8-6-13)10-11-1-3-12(4-2-11)15(21)16-9-14(19)20/h1-4H,5-10H2,(H,16,21)(H,19,20). The second-order valence-corrected chi connectivity index (χ2v) is 5.22. The van der Waals surface area contributed by atoms with Gasteiger partial charge in [0.25, 0.3) is 5.91 Å². The van der Waals surface area contributed by atoms with E-state index in [9.17, 15) is 19.5 Å². The maximum atomic E-state index is 11.6. The van der Waals surface area contributed by atoms with Gasteiger partial charge in [0.05, 0.1) is 38.4 Å². The Morgan fingerprint density at radius 2 is 1.76 bits per heavy atom. The number of carbonyl (C=O) groups excluding carboxylic acids is 3. The van der Waals surface area contributed by atoms with Gasteiger partial charge < -0.3 is 20.1 Å². The van der Waals surface area contributed by atoms with E-state index in [1.807, 2.05) is 12.1 Å². The summed E-state index contributed by atoms with van der Waals surface area (Å²) in [5.41, 5.74) is 1.51. The summed E-state index contributed by atoms with van der Waals surface area (Å²) in [6.07, 6.45) is 1.28. The lowest BCUT2D eigenvalue weighted by molar-refractivity contribution is -0.915. The molecule has 1 aliphatic rings. The molecular weight excluding hydrogens is 272 g/mol. The van der Waals surface area contributed by atoms with E-state index in [4.69, 9.17) is 0 Å². The van der Waals surface area contributed by atoms with Crippen LogP contribution >= 0.6 is 0 Å². The number of aliphatic carboxylic acids is 1. The van der Waals surface area contributed by atoms with Gasteiger partial charge >= 0.3 is 0 Å². The number of hydrogen-bond acceptors (Lipinski definition) is 4. The van der Waals surface area contributed by atoms with E-state index in [1.54, 1.807) is 12.1 Å². The van der Waals surface area contributed by atoms with Gasteiger partial charge in [-0.3, -0.25) is 9.59 Å². The Morgan fingerprint density at radius 3 is 2.33 bits per heavy atom. The van der Waals surface area contributed by atoms with E-state index in [-0.39, 0.29) is 0 Å². The monoisotopic (exact) mass is 290 g/mol. The zero-order valence-electron chi connectivity index (χ0n) is 11.7. The molecule has 1 saturated heterocycles. The lowest BCUT2D eigenvalue weighted by Gasteiger charge is -2.22. The van der Waals surface area contributed by atoms with Crippen LogP contribution in [-0.4, -0.2) is 37.3 Å². The van der Waals surface area contributed by atoms with E-state index in [1.165, 1.54) is 4.90 Å². The summed E-state index contributed by atoms with van der Waals surface area (Å²) in [5.74, 6) is -1.41. The van der Waals surface area contributed by atoms with Crippen LogP contribution in [0.25, 0.3) is 0 Å². The Hall–Kier alpha value is -2.21. The van der Waals surface area contributed by atoms with Crippen molar-refractivity contribution in [2.45, 2.75) is 19.4 Å². The Morgan fingerprint density at radius 1 is 1.14 bits per heavy atom. The molecule has 6 nitrogen and oxygen atoms in total. The van der Waals surface area contributed by atoms with Crippen LogP contribution in [0, 0.1) is 0 Å². The lowest BCUT2D eigenvalue weighted by Crippen LogP contribution is -3.11. The fourth-order valence-corrected chi connectivity index (χ4v) is 2.38. The van der Waals surface area contributed by atoms with Crippen molar-refractivity contribution in [2.75, 3.05) is 19.6 Å². The summed E-state index contributed by atoms with van der Waals surface area (Å²) in [6, 6.07) is 7.07. The SMILES string of the molecule is O=C([O-])CNC(=O)c1ccc(C[NH+]2CCC(=O)CC2)cc1. The Bertz CT molecular complexity index is 529. The average molecular weight is 290 g/mol. The third-order valence-electron chi connectivity index (χ3n) is 3.58. The number of amides is 1. The number of carboxylic acid groups (broad SMARTS) is 1. The Labute approximate surface area is 122 Å². The molecule has 1 fully saturated rings. The molecule has 112 valence electrons. The molecule has 0 spiro atoms. The van der Waals surface area contributed by atoms with Crippen LogP contribution in [-0.2, 0) is 16.1 Å². The molecular formula is C15H18N2O4. The molecule has 2 N–H and O–H groups in total. The van der Waals surface area contributed by atoms with Crippen molar-refractivity contribution in [3.8, 4) is 0 Å². The second-order valence-electron chi connectivity index (χ2n) is 5.22. The predicted molar refractivity (Wildman–Crippen MR) is 72.4 cm³/mol. The smallest absolute Gasteiger partial charge is 0.251 e. The molecule has 0 bridgehead atoms. The van der Waals surface area contributed by atoms with Crippen LogP contribution in [0.5, 0.6) is 0 Å². The normalized spacial score (nSPS) is 15.7. The first kappa shape index (κ1) is 15.2. The number of likely N-dealkylation sites (tertiary alicyclic amines) is 1. The number of quaternary nitrogens is 1. The van der Waals surface area contributed by atoms with Gasteiger partial charge in [-0.1, -0.05) is 12.1 Å². The first-order chi connectivity index (χ1) is 10.0. The molecule has 0 unspecified atom stereocenters. The Balaban J connectivity index is 1.88. The minimum atomic E-state index is -1.32. The van der Waals surface area contributed by atoms with Gasteiger partial charge in [-0.15, -0.1) is 0 Å². The first-order valence-corrected chi connectivity index (χ1v) is 6.97. The van der Waals surface area contributed by atoms with Crippen molar-refractivity contribution >= 4 is 17.7 Å². The highest BCUT2D eigenvalue weighted by Crippen LogP contribution is 2.04. The summed E-state index contributed by atoms with van der Waals surface area (Å²) in [5, 5.41) is 12.5. The third-order valence-corrected chi connectivity index (χ3v) is 3.58. The number of nitrogens with one attached hydrogen (secondary N) is 2. The van der Waals surface area contributed by atoms with Crippen molar-refractivity contribution in [3.63, 3.8) is 0 Å². The maximum Gasteiger partial charge on any atom is 0.251 e. The lowest BCUT2D eigenvalue weighted by atomic mass is 10.1. The molecule has 0 aliphatic carbocycles. The minimum Gasteiger partial charge on any atom is -0.548 e. The number of Topliss-reactive ketones (excluding diaryl/α,β-unsaturated/α-hetero) is 1. The maximum absolute atomic E-state index is 11.6. The fraction of sp³-hybridized carbons (Fsp3) is 0.400. The van der Waals surface area contributed by atoms with Crippen molar-refractivity contribution in [3.05, 3.63) is 35.4 Å². The summed E-state index contributed by atoms with van der Waals surface area (Å²) >= 11 is 0. The topological polar surface area (TPSA) is 90.7 Å². The zero-order valence-corrected chi connectivity index (χ0v) is 11.7. The summed E-state index contributed by atoms with van der Waals surface area (Å²) in [4.78, 5) is 34.5. The third kappa shape index (κ3) is 4.68. The van der Waals surface area contributed by atoms with Crippen LogP contribution in [0.2, 0.25) is 0 Å². The van der Waals surface area contributed by atoms with Crippen LogP contribution in [0.3, 0.4) is 0 Å². The molecule has 0 saturated carbocycles. The minimum absolute atomic E-state index is 0.332. The average Bonchev–Trinajstić information content (AvgIpc) is 2.48. The van der Waals surface area contributed by atoms with Gasteiger partial charge in [0.1, 0.15) is 12.3 Å². The van der Waals surface area contributed by atoms with E-state index >= 15 is 0 Å². The van der Waals surface area contributed by atoms with Crippen molar-refractivity contribution < 1.29 is 24.4 Å². The molecule has 0 atom stereocenters. The molecule has 21 heavy (non-hydrogen) atoms. The molecule has 0 aromatic heterocycles. The summed E-state index contributed by atoms with van der Waals surface area (Å²) in [6.45, 7) is 2.04. The number of rotatable bonds is 5. The number of benzene rings is 1. The zero-order chi connectivity index (χ0) is 15.2. The van der Waals surface area contributed by atoms with Gasteiger partial charge in [-0.05, 0) is 12.1 Å². The quantitative estimate of drug-likeness (QED) is 0.651. The van der Waals surface area contributed by atoms with Gasteiger partial charge in [-0.2, -0.15) is 0 Å². The van der Waals surface area contributed by atoms with Crippen LogP contribution in [0.15, 0.2) is 24.3 Å². The summed E-state index contributed by atoms with van der Waals surface area (Å²) in [7, 11) is 0. The molecule has 6 heteroatoms. The van der Waals surface area contributed by atoms with Crippen molar-refractivity contribution in [1.82, 2.24) is 5.32 Å². The Kier molecular flexibility index (Phi) is 5.05. The molecule has 0 radical (unpaired) electrons. The van der Waals surface area contributed by atoms with Gasteiger partial charge in [0.15, 0.2) is 0 Å². The molecule has 1 amide bonds. The number of carboxylic acids is 1. The van der Waals surface area contributed by atoms with E-state index in [2.05, 4.69) is 5.32 Å². The van der Waals surface area contributed by atoms with Gasteiger partial charge in [-0.25, -0.2) is 0 Å². The largest absolute Gasteiger partial charge is 0.548 e. The van der Waals surface area contributed by atoms with Gasteiger partial charge in [0.2, 0.25) is 0 Å². The summed E-state index contributed by atoms with van der Waals surface area (Å²) < 4.78 is 0. The highest BCUT2D eigenvalue weighted by Gasteiger charge is 2.19. The van der Waals surface area contributed by atoms with Gasteiger partial charge in [0, 0.05) is 11.1 Å². The van der Waals surface area contributed by atoms with Crippen LogP contribution in [0.1, 0.15) is 28.8 Å². The number of hydrogen-bond donors (Lipinski definition) is 2. The second kappa shape index (κ2) is 6.99.